The lowest BCUT2D eigenvalue weighted by Crippen LogP contribution is -2.49. The second-order valence-corrected chi connectivity index (χ2v) is 9.01. The summed E-state index contributed by atoms with van der Waals surface area (Å²) in [5, 5.41) is 6.82. The van der Waals surface area contributed by atoms with Crippen LogP contribution in [0.25, 0.3) is 0 Å². The van der Waals surface area contributed by atoms with Crippen molar-refractivity contribution in [3.63, 3.8) is 0 Å². The van der Waals surface area contributed by atoms with Crippen LogP contribution < -0.4 is 10.6 Å². The van der Waals surface area contributed by atoms with E-state index >= 15 is 0 Å². The number of carbonyl (C=O) groups excluding carboxylic acids is 1. The van der Waals surface area contributed by atoms with Gasteiger partial charge in [0.25, 0.3) is 0 Å². The van der Waals surface area contributed by atoms with Crippen molar-refractivity contribution < 1.29 is 9.53 Å². The van der Waals surface area contributed by atoms with E-state index in [0.717, 1.165) is 70.8 Å². The van der Waals surface area contributed by atoms with Crippen LogP contribution in [0.2, 0.25) is 0 Å². The van der Waals surface area contributed by atoms with Gasteiger partial charge < -0.3 is 20.3 Å². The standard InChI is InChI=1S/C19H36N4O2S.HI/c1-5-20-17(22-15-19(26-4)10-12-25-13-11-19)21-14-18(8-6-7-9-18)16(24)23(2)3;/h5-15H2,1-4H3,(H2,20,21,22);1H. The molecular weight excluding hydrogens is 475 g/mol. The van der Waals surface area contributed by atoms with E-state index in [-0.39, 0.29) is 40.0 Å². The first-order chi connectivity index (χ1) is 12.5. The Morgan fingerprint density at radius 2 is 1.78 bits per heavy atom. The Morgan fingerprint density at radius 3 is 2.30 bits per heavy atom. The number of hydrogen-bond donors (Lipinski definition) is 2. The van der Waals surface area contributed by atoms with Crippen molar-refractivity contribution >= 4 is 47.6 Å². The van der Waals surface area contributed by atoms with Crippen LogP contribution in [0.1, 0.15) is 45.4 Å². The van der Waals surface area contributed by atoms with Crippen LogP contribution >= 0.6 is 35.7 Å². The van der Waals surface area contributed by atoms with Crippen LogP contribution in [0.15, 0.2) is 4.99 Å². The zero-order chi connectivity index (χ0) is 19.0. The molecule has 2 aliphatic rings. The molecule has 2 N–H and O–H groups in total. The third kappa shape index (κ3) is 6.66. The molecule has 2 rings (SSSR count). The van der Waals surface area contributed by atoms with Crippen molar-refractivity contribution in [3.8, 4) is 0 Å². The largest absolute Gasteiger partial charge is 0.381 e. The third-order valence-electron chi connectivity index (χ3n) is 5.72. The van der Waals surface area contributed by atoms with Crippen molar-refractivity contribution in [3.05, 3.63) is 0 Å². The van der Waals surface area contributed by atoms with Crippen molar-refractivity contribution in [1.82, 2.24) is 15.5 Å². The number of aliphatic imine (C=N–C) groups is 1. The molecule has 1 saturated heterocycles. The first kappa shape index (κ1) is 24.8. The molecule has 0 bridgehead atoms. The molecule has 6 nitrogen and oxygen atoms in total. The van der Waals surface area contributed by atoms with Gasteiger partial charge in [0.15, 0.2) is 5.96 Å². The van der Waals surface area contributed by atoms with Crippen LogP contribution in [0.3, 0.4) is 0 Å². The Labute approximate surface area is 186 Å². The molecule has 0 unspecified atom stereocenters. The predicted octanol–water partition coefficient (Wildman–Crippen LogP) is 2.72. The Kier molecular flexibility index (Phi) is 10.8. The SMILES string of the molecule is CCNC(=NCC1(SC)CCOCC1)NCC1(C(=O)N(C)C)CCCC1.I. The number of guanidine groups is 1. The van der Waals surface area contributed by atoms with Crippen LogP contribution in [0.4, 0.5) is 0 Å². The lowest BCUT2D eigenvalue weighted by molar-refractivity contribution is -0.138. The molecule has 158 valence electrons. The smallest absolute Gasteiger partial charge is 0.230 e. The molecule has 1 aliphatic heterocycles. The van der Waals surface area contributed by atoms with E-state index in [2.05, 4.69) is 23.8 Å². The molecule has 0 aromatic carbocycles. The van der Waals surface area contributed by atoms with E-state index in [1.807, 2.05) is 25.9 Å². The second-order valence-electron chi connectivity index (χ2n) is 7.74. The summed E-state index contributed by atoms with van der Waals surface area (Å²) in [5.41, 5.74) is -0.282. The molecule has 0 aromatic rings. The zero-order valence-corrected chi connectivity index (χ0v) is 20.5. The Morgan fingerprint density at radius 1 is 1.15 bits per heavy atom. The minimum atomic E-state index is -0.282. The summed E-state index contributed by atoms with van der Waals surface area (Å²) in [7, 11) is 3.71. The monoisotopic (exact) mass is 512 g/mol. The van der Waals surface area contributed by atoms with Crippen molar-refractivity contribution in [2.75, 3.05) is 53.2 Å². The van der Waals surface area contributed by atoms with Gasteiger partial charge in [-0.15, -0.1) is 24.0 Å². The topological polar surface area (TPSA) is 66.0 Å². The maximum absolute atomic E-state index is 12.7. The summed E-state index contributed by atoms with van der Waals surface area (Å²) in [6.45, 7) is 5.97. The summed E-state index contributed by atoms with van der Waals surface area (Å²) in [6, 6.07) is 0. The molecule has 0 aromatic heterocycles. The molecule has 1 saturated carbocycles. The molecule has 2 fully saturated rings. The average molecular weight is 513 g/mol. The highest BCUT2D eigenvalue weighted by Crippen LogP contribution is 2.39. The van der Waals surface area contributed by atoms with E-state index in [0.29, 0.717) is 6.54 Å². The fourth-order valence-electron chi connectivity index (χ4n) is 3.98. The summed E-state index contributed by atoms with van der Waals surface area (Å²) < 4.78 is 5.69. The highest BCUT2D eigenvalue weighted by Gasteiger charge is 2.42. The Bertz CT molecular complexity index is 490. The van der Waals surface area contributed by atoms with Gasteiger partial charge in [-0.05, 0) is 38.9 Å². The number of nitrogens with one attached hydrogen (secondary N) is 2. The summed E-state index contributed by atoms with van der Waals surface area (Å²) >= 11 is 1.90. The van der Waals surface area contributed by atoms with Gasteiger partial charge in [0.05, 0.1) is 12.0 Å². The molecular formula is C19H37IN4O2S. The van der Waals surface area contributed by atoms with Crippen LogP contribution in [-0.2, 0) is 9.53 Å². The van der Waals surface area contributed by atoms with Gasteiger partial charge in [0, 0.05) is 45.1 Å². The molecule has 1 aliphatic carbocycles. The quantitative estimate of drug-likeness (QED) is 0.312. The normalized spacial score (nSPS) is 21.3. The van der Waals surface area contributed by atoms with Crippen molar-refractivity contribution in [1.29, 1.82) is 0 Å². The number of hydrogen-bond acceptors (Lipinski definition) is 4. The van der Waals surface area contributed by atoms with Gasteiger partial charge >= 0.3 is 0 Å². The number of nitrogens with zero attached hydrogens (tertiary/aromatic N) is 2. The average Bonchev–Trinajstić information content (AvgIpc) is 3.14. The molecule has 0 spiro atoms. The fraction of sp³-hybridized carbons (Fsp3) is 0.895. The number of rotatable bonds is 7. The van der Waals surface area contributed by atoms with E-state index in [4.69, 9.17) is 9.73 Å². The maximum Gasteiger partial charge on any atom is 0.230 e. The van der Waals surface area contributed by atoms with Crippen LogP contribution in [0.5, 0.6) is 0 Å². The molecule has 1 amide bonds. The van der Waals surface area contributed by atoms with Crippen LogP contribution in [0, 0.1) is 5.41 Å². The number of thioether (sulfide) groups is 1. The number of ether oxygens (including phenoxy) is 1. The Hall–Kier alpha value is -0.220. The van der Waals surface area contributed by atoms with Gasteiger partial charge in [0.1, 0.15) is 0 Å². The number of carbonyl (C=O) groups is 1. The van der Waals surface area contributed by atoms with Gasteiger partial charge in [-0.3, -0.25) is 9.79 Å². The zero-order valence-electron chi connectivity index (χ0n) is 17.3. The van der Waals surface area contributed by atoms with Gasteiger partial charge in [0.2, 0.25) is 5.91 Å². The van der Waals surface area contributed by atoms with E-state index < -0.39 is 0 Å². The molecule has 0 atom stereocenters. The van der Waals surface area contributed by atoms with Crippen molar-refractivity contribution in [2.24, 2.45) is 10.4 Å². The first-order valence-electron chi connectivity index (χ1n) is 9.84. The predicted molar refractivity (Wildman–Crippen MR) is 125 cm³/mol. The minimum Gasteiger partial charge on any atom is -0.381 e. The van der Waals surface area contributed by atoms with E-state index in [9.17, 15) is 4.79 Å². The summed E-state index contributed by atoms with van der Waals surface area (Å²) in [4.78, 5) is 19.4. The minimum absolute atomic E-state index is 0. The van der Waals surface area contributed by atoms with Gasteiger partial charge in [-0.2, -0.15) is 11.8 Å². The first-order valence-corrected chi connectivity index (χ1v) is 11.1. The van der Waals surface area contributed by atoms with Crippen molar-refractivity contribution in [2.45, 2.75) is 50.2 Å². The maximum atomic E-state index is 12.7. The lowest BCUT2D eigenvalue weighted by atomic mass is 9.84. The summed E-state index contributed by atoms with van der Waals surface area (Å²) in [6.07, 6.45) is 8.44. The second kappa shape index (κ2) is 11.7. The lowest BCUT2D eigenvalue weighted by Gasteiger charge is -2.34. The van der Waals surface area contributed by atoms with E-state index in [1.165, 1.54) is 0 Å². The molecule has 27 heavy (non-hydrogen) atoms. The Balaban J connectivity index is 0.00000364. The highest BCUT2D eigenvalue weighted by molar-refractivity contribution is 14.0. The van der Waals surface area contributed by atoms with Gasteiger partial charge in [-0.25, -0.2) is 0 Å². The fourth-order valence-corrected chi connectivity index (χ4v) is 4.75. The highest BCUT2D eigenvalue weighted by atomic mass is 127. The molecule has 8 heteroatoms. The third-order valence-corrected chi connectivity index (χ3v) is 7.12. The number of amides is 1. The van der Waals surface area contributed by atoms with Gasteiger partial charge in [-0.1, -0.05) is 12.8 Å². The van der Waals surface area contributed by atoms with E-state index in [1.54, 1.807) is 4.90 Å². The summed E-state index contributed by atoms with van der Waals surface area (Å²) in [5.74, 6) is 1.06. The molecule has 1 heterocycles. The van der Waals surface area contributed by atoms with Crippen LogP contribution in [-0.4, -0.2) is 74.7 Å². The molecule has 0 radical (unpaired) electrons. The number of halogens is 1.